The van der Waals surface area contributed by atoms with Gasteiger partial charge in [-0.05, 0) is 22.6 Å². The van der Waals surface area contributed by atoms with Gasteiger partial charge in [0.2, 0.25) is 0 Å². The Morgan fingerprint density at radius 2 is 1.67 bits per heavy atom. The number of nitrogens with zero attached hydrogens (tertiary/aromatic N) is 2. The number of halogens is 1. The van der Waals surface area contributed by atoms with E-state index in [4.69, 9.17) is 17.0 Å². The molecule has 18 heavy (non-hydrogen) atoms. The number of aliphatic imine (C=N–C) groups is 1. The fourth-order valence-electron chi connectivity index (χ4n) is 1.38. The van der Waals surface area contributed by atoms with E-state index in [1.165, 1.54) is 5.56 Å². The average Bonchev–Trinajstić information content (AvgIpc) is 2.27. The summed E-state index contributed by atoms with van der Waals surface area (Å²) >= 11 is 5.90. The Hall–Kier alpha value is -1.35. The Morgan fingerprint density at radius 1 is 1.17 bits per heavy atom. The molecular weight excluding hydrogens is 246 g/mol. The fourth-order valence-corrected chi connectivity index (χ4v) is 1.47. The molecule has 0 aliphatic rings. The molecule has 0 aliphatic carbocycles. The van der Waals surface area contributed by atoms with Crippen LogP contribution in [-0.2, 0) is 5.41 Å². The minimum atomic E-state index is 0.116. The first-order chi connectivity index (χ1) is 8.21. The van der Waals surface area contributed by atoms with Crippen molar-refractivity contribution in [2.75, 3.05) is 14.1 Å². The Balaban J connectivity index is 2.93. The quantitative estimate of drug-likeness (QED) is 0.471. The van der Waals surface area contributed by atoms with Crippen LogP contribution < -0.4 is 0 Å². The highest BCUT2D eigenvalue weighted by atomic mass is 35.5. The predicted molar refractivity (Wildman–Crippen MR) is 78.9 cm³/mol. The van der Waals surface area contributed by atoms with Crippen LogP contribution >= 0.6 is 11.6 Å². The summed E-state index contributed by atoms with van der Waals surface area (Å²) in [5, 5.41) is 8.19. The minimum absolute atomic E-state index is 0.116. The van der Waals surface area contributed by atoms with Crippen molar-refractivity contribution in [3.8, 4) is 0 Å². The number of rotatable bonds is 1. The van der Waals surface area contributed by atoms with Crippen LogP contribution in [0.2, 0.25) is 0 Å². The van der Waals surface area contributed by atoms with Crippen molar-refractivity contribution in [3.05, 3.63) is 35.4 Å². The number of benzene rings is 1. The molecule has 0 atom stereocenters. The largest absolute Gasteiger partial charge is 0.353 e. The lowest BCUT2D eigenvalue weighted by Crippen LogP contribution is -2.17. The molecule has 0 radical (unpaired) electrons. The third kappa shape index (κ3) is 3.84. The normalized spacial score (nSPS) is 12.4. The van der Waals surface area contributed by atoms with Gasteiger partial charge in [0, 0.05) is 19.7 Å². The van der Waals surface area contributed by atoms with Crippen molar-refractivity contribution in [2.24, 2.45) is 4.99 Å². The monoisotopic (exact) mass is 265 g/mol. The number of amidine groups is 2. The molecule has 1 N–H and O–H groups in total. The Bertz CT molecular complexity index is 453. The molecule has 0 unspecified atom stereocenters. The lowest BCUT2D eigenvalue weighted by molar-refractivity contribution is 0.590. The van der Waals surface area contributed by atoms with Crippen LogP contribution in [0.25, 0.3) is 0 Å². The van der Waals surface area contributed by atoms with Crippen LogP contribution in [0.15, 0.2) is 29.3 Å². The summed E-state index contributed by atoms with van der Waals surface area (Å²) in [6.07, 6.45) is 0. The van der Waals surface area contributed by atoms with Gasteiger partial charge in [-0.2, -0.15) is 0 Å². The molecule has 0 saturated carbocycles. The highest BCUT2D eigenvalue weighted by molar-refractivity contribution is 6.65. The molecule has 98 valence electrons. The number of hydrogen-bond acceptors (Lipinski definition) is 1. The van der Waals surface area contributed by atoms with Gasteiger partial charge in [0.15, 0.2) is 11.1 Å². The molecule has 0 fully saturated rings. The van der Waals surface area contributed by atoms with E-state index in [1.807, 2.05) is 24.3 Å². The molecule has 0 spiro atoms. The highest BCUT2D eigenvalue weighted by Crippen LogP contribution is 2.22. The zero-order valence-electron chi connectivity index (χ0n) is 11.6. The summed E-state index contributed by atoms with van der Waals surface area (Å²) in [5.41, 5.74) is 2.12. The van der Waals surface area contributed by atoms with E-state index in [-0.39, 0.29) is 11.3 Å². The maximum Gasteiger partial charge on any atom is 0.200 e. The van der Waals surface area contributed by atoms with Gasteiger partial charge >= 0.3 is 0 Å². The molecular formula is C14H20ClN3. The van der Waals surface area contributed by atoms with Crippen molar-refractivity contribution in [3.63, 3.8) is 0 Å². The maximum atomic E-state index is 7.88. The standard InChI is InChI=1S/C14H20ClN3/c1-14(2,3)11-8-6-10(7-9-11)12(16)17-13(15)18(4)5/h6-9,16H,1-5H3. The molecule has 1 rings (SSSR count). The van der Waals surface area contributed by atoms with E-state index in [9.17, 15) is 0 Å². The van der Waals surface area contributed by atoms with E-state index >= 15 is 0 Å². The molecule has 0 aromatic heterocycles. The third-order valence-electron chi connectivity index (χ3n) is 2.60. The highest BCUT2D eigenvalue weighted by Gasteiger charge is 2.13. The lowest BCUT2D eigenvalue weighted by Gasteiger charge is -2.19. The van der Waals surface area contributed by atoms with E-state index in [0.29, 0.717) is 5.29 Å². The number of hydrogen-bond donors (Lipinski definition) is 1. The summed E-state index contributed by atoms with van der Waals surface area (Å²) in [5.74, 6) is 0.175. The average molecular weight is 266 g/mol. The van der Waals surface area contributed by atoms with Crippen molar-refractivity contribution in [1.82, 2.24) is 4.90 Å². The van der Waals surface area contributed by atoms with E-state index in [0.717, 1.165) is 5.56 Å². The van der Waals surface area contributed by atoms with Crippen LogP contribution in [0.4, 0.5) is 0 Å². The number of nitrogens with one attached hydrogen (secondary N) is 1. The van der Waals surface area contributed by atoms with Gasteiger partial charge < -0.3 is 4.90 Å². The second-order valence-electron chi connectivity index (χ2n) is 5.45. The summed E-state index contributed by atoms with van der Waals surface area (Å²) in [4.78, 5) is 5.70. The van der Waals surface area contributed by atoms with Gasteiger partial charge in [-0.15, -0.1) is 0 Å². The SMILES string of the molecule is CN(C)C(Cl)=NC(=N)c1ccc(C(C)(C)C)cc1. The molecule has 1 aromatic carbocycles. The van der Waals surface area contributed by atoms with Gasteiger partial charge in [-0.3, -0.25) is 5.41 Å². The smallest absolute Gasteiger partial charge is 0.200 e. The molecule has 3 nitrogen and oxygen atoms in total. The second-order valence-corrected chi connectivity index (χ2v) is 5.79. The first kappa shape index (κ1) is 14.7. The topological polar surface area (TPSA) is 39.5 Å². The first-order valence-electron chi connectivity index (χ1n) is 5.83. The molecule has 0 amide bonds. The summed E-state index contributed by atoms with van der Waals surface area (Å²) in [7, 11) is 3.59. The molecule has 0 aliphatic heterocycles. The Labute approximate surface area is 114 Å². The molecule has 0 saturated heterocycles. The van der Waals surface area contributed by atoms with Gasteiger partial charge in [0.25, 0.3) is 0 Å². The fraction of sp³-hybridized carbons (Fsp3) is 0.429. The van der Waals surface area contributed by atoms with Crippen molar-refractivity contribution >= 4 is 22.7 Å². The molecule has 0 bridgehead atoms. The van der Waals surface area contributed by atoms with Crippen molar-refractivity contribution in [2.45, 2.75) is 26.2 Å². The zero-order chi connectivity index (χ0) is 13.9. The third-order valence-corrected chi connectivity index (χ3v) is 3.02. The Kier molecular flexibility index (Phi) is 4.52. The minimum Gasteiger partial charge on any atom is -0.353 e. The van der Waals surface area contributed by atoms with Crippen LogP contribution in [0.5, 0.6) is 0 Å². The van der Waals surface area contributed by atoms with E-state index in [2.05, 4.69) is 25.8 Å². The Morgan fingerprint density at radius 3 is 2.06 bits per heavy atom. The summed E-state index contributed by atoms with van der Waals surface area (Å²) in [6.45, 7) is 6.48. The van der Waals surface area contributed by atoms with Gasteiger partial charge in [-0.1, -0.05) is 45.0 Å². The molecule has 0 heterocycles. The van der Waals surface area contributed by atoms with Gasteiger partial charge in [-0.25, -0.2) is 4.99 Å². The predicted octanol–water partition coefficient (Wildman–Crippen LogP) is 3.47. The van der Waals surface area contributed by atoms with Crippen molar-refractivity contribution in [1.29, 1.82) is 5.41 Å². The van der Waals surface area contributed by atoms with Crippen LogP contribution in [0.1, 0.15) is 31.9 Å². The van der Waals surface area contributed by atoms with Crippen LogP contribution in [0.3, 0.4) is 0 Å². The van der Waals surface area contributed by atoms with Crippen LogP contribution in [-0.4, -0.2) is 30.1 Å². The zero-order valence-corrected chi connectivity index (χ0v) is 12.3. The molecule has 1 aromatic rings. The lowest BCUT2D eigenvalue weighted by atomic mass is 9.87. The van der Waals surface area contributed by atoms with Crippen molar-refractivity contribution < 1.29 is 0 Å². The van der Waals surface area contributed by atoms with Gasteiger partial charge in [0.05, 0.1) is 0 Å². The molecule has 4 heteroatoms. The van der Waals surface area contributed by atoms with E-state index < -0.39 is 0 Å². The van der Waals surface area contributed by atoms with Crippen LogP contribution in [0, 0.1) is 5.41 Å². The summed E-state index contributed by atoms with van der Waals surface area (Å²) in [6, 6.07) is 7.88. The van der Waals surface area contributed by atoms with E-state index in [1.54, 1.807) is 19.0 Å². The first-order valence-corrected chi connectivity index (χ1v) is 6.20. The van der Waals surface area contributed by atoms with Gasteiger partial charge in [0.1, 0.15) is 0 Å². The maximum absolute atomic E-state index is 7.88. The summed E-state index contributed by atoms with van der Waals surface area (Å²) < 4.78 is 0. The second kappa shape index (κ2) is 5.53.